The van der Waals surface area contributed by atoms with Crippen molar-refractivity contribution in [3.8, 4) is 5.88 Å². The van der Waals surface area contributed by atoms with E-state index in [4.69, 9.17) is 14.2 Å². The molecule has 0 saturated carbocycles. The standard InChI is InChI=1S/C11H17N3O3/c1-12-8(7-9-16-5-6-17-9)10-11(15-2)14-4-3-13-10/h3-4,8-9,12H,5-7H2,1-2H3. The first-order valence-corrected chi connectivity index (χ1v) is 5.60. The first-order valence-electron chi connectivity index (χ1n) is 5.60. The second-order valence-electron chi connectivity index (χ2n) is 3.70. The monoisotopic (exact) mass is 239 g/mol. The summed E-state index contributed by atoms with van der Waals surface area (Å²) >= 11 is 0. The van der Waals surface area contributed by atoms with E-state index in [-0.39, 0.29) is 12.3 Å². The van der Waals surface area contributed by atoms with Crippen molar-refractivity contribution in [2.45, 2.75) is 18.8 Å². The summed E-state index contributed by atoms with van der Waals surface area (Å²) in [5, 5.41) is 3.18. The van der Waals surface area contributed by atoms with Crippen LogP contribution in [0.3, 0.4) is 0 Å². The first-order chi connectivity index (χ1) is 8.35. The zero-order chi connectivity index (χ0) is 12.1. The van der Waals surface area contributed by atoms with Gasteiger partial charge < -0.3 is 19.5 Å². The van der Waals surface area contributed by atoms with Crippen molar-refractivity contribution >= 4 is 0 Å². The van der Waals surface area contributed by atoms with Crippen LogP contribution in [0.15, 0.2) is 12.4 Å². The zero-order valence-corrected chi connectivity index (χ0v) is 10.0. The van der Waals surface area contributed by atoms with Gasteiger partial charge >= 0.3 is 0 Å². The number of methoxy groups -OCH3 is 1. The van der Waals surface area contributed by atoms with Crippen LogP contribution in [-0.4, -0.2) is 43.6 Å². The summed E-state index contributed by atoms with van der Waals surface area (Å²) in [7, 11) is 3.45. The fourth-order valence-corrected chi connectivity index (χ4v) is 1.83. The van der Waals surface area contributed by atoms with E-state index in [2.05, 4.69) is 15.3 Å². The van der Waals surface area contributed by atoms with Gasteiger partial charge in [0.25, 0.3) is 0 Å². The lowest BCUT2D eigenvalue weighted by Gasteiger charge is -2.19. The molecule has 94 valence electrons. The SMILES string of the molecule is CNC(CC1OCCO1)c1nccnc1OC. The second kappa shape index (κ2) is 5.90. The Labute approximate surface area is 100 Å². The van der Waals surface area contributed by atoms with Crippen molar-refractivity contribution in [1.29, 1.82) is 0 Å². The Bertz CT molecular complexity index is 356. The van der Waals surface area contributed by atoms with Gasteiger partial charge in [0, 0.05) is 18.8 Å². The van der Waals surface area contributed by atoms with E-state index in [1.807, 2.05) is 7.05 Å². The van der Waals surface area contributed by atoms with Crippen molar-refractivity contribution in [2.75, 3.05) is 27.4 Å². The van der Waals surface area contributed by atoms with Gasteiger partial charge in [-0.1, -0.05) is 0 Å². The van der Waals surface area contributed by atoms with Gasteiger partial charge in [0.2, 0.25) is 5.88 Å². The molecule has 1 unspecified atom stereocenters. The summed E-state index contributed by atoms with van der Waals surface area (Å²) in [4.78, 5) is 8.44. The Morgan fingerprint density at radius 2 is 2.12 bits per heavy atom. The molecular formula is C11H17N3O3. The molecule has 6 nitrogen and oxygen atoms in total. The van der Waals surface area contributed by atoms with Gasteiger partial charge in [-0.2, -0.15) is 0 Å². The maximum atomic E-state index is 5.43. The van der Waals surface area contributed by atoms with Gasteiger partial charge in [-0.25, -0.2) is 4.98 Å². The lowest BCUT2D eigenvalue weighted by Crippen LogP contribution is -2.24. The van der Waals surface area contributed by atoms with Crippen LogP contribution >= 0.6 is 0 Å². The number of rotatable bonds is 5. The average Bonchev–Trinajstić information content (AvgIpc) is 2.89. The predicted molar refractivity (Wildman–Crippen MR) is 60.7 cm³/mol. The highest BCUT2D eigenvalue weighted by Gasteiger charge is 2.24. The van der Waals surface area contributed by atoms with Gasteiger partial charge in [0.05, 0.1) is 26.4 Å². The van der Waals surface area contributed by atoms with Crippen LogP contribution in [0.5, 0.6) is 5.88 Å². The Kier molecular flexibility index (Phi) is 4.24. The van der Waals surface area contributed by atoms with Gasteiger partial charge in [0.15, 0.2) is 6.29 Å². The third-order valence-corrected chi connectivity index (χ3v) is 2.68. The van der Waals surface area contributed by atoms with Crippen LogP contribution in [0.2, 0.25) is 0 Å². The number of aromatic nitrogens is 2. The van der Waals surface area contributed by atoms with Crippen molar-refractivity contribution < 1.29 is 14.2 Å². The molecule has 0 aliphatic carbocycles. The molecule has 6 heteroatoms. The maximum absolute atomic E-state index is 5.43. The van der Waals surface area contributed by atoms with E-state index >= 15 is 0 Å². The van der Waals surface area contributed by atoms with Crippen molar-refractivity contribution in [3.63, 3.8) is 0 Å². The van der Waals surface area contributed by atoms with Crippen LogP contribution in [0, 0.1) is 0 Å². The highest BCUT2D eigenvalue weighted by Crippen LogP contribution is 2.25. The number of nitrogens with one attached hydrogen (secondary N) is 1. The number of hydrogen-bond acceptors (Lipinski definition) is 6. The van der Waals surface area contributed by atoms with Crippen LogP contribution in [0.4, 0.5) is 0 Å². The zero-order valence-electron chi connectivity index (χ0n) is 10.0. The first kappa shape index (κ1) is 12.2. The van der Waals surface area contributed by atoms with Crippen LogP contribution in [0.1, 0.15) is 18.2 Å². The second-order valence-corrected chi connectivity index (χ2v) is 3.70. The molecule has 1 aromatic rings. The number of ether oxygens (including phenoxy) is 3. The average molecular weight is 239 g/mol. The minimum atomic E-state index is -0.181. The molecule has 0 bridgehead atoms. The molecule has 0 spiro atoms. The quantitative estimate of drug-likeness (QED) is 0.807. The largest absolute Gasteiger partial charge is 0.480 e. The highest BCUT2D eigenvalue weighted by atomic mass is 16.7. The molecule has 1 aromatic heterocycles. The van der Waals surface area contributed by atoms with Crippen LogP contribution in [-0.2, 0) is 9.47 Å². The fourth-order valence-electron chi connectivity index (χ4n) is 1.83. The van der Waals surface area contributed by atoms with Crippen LogP contribution in [0.25, 0.3) is 0 Å². The summed E-state index contributed by atoms with van der Waals surface area (Å²) in [6, 6.07) is 0.00162. The van der Waals surface area contributed by atoms with Crippen molar-refractivity contribution in [3.05, 3.63) is 18.1 Å². The van der Waals surface area contributed by atoms with Gasteiger partial charge in [-0.3, -0.25) is 4.98 Å². The molecule has 0 radical (unpaired) electrons. The topological polar surface area (TPSA) is 65.5 Å². The molecule has 0 amide bonds. The minimum Gasteiger partial charge on any atom is -0.480 e. The third-order valence-electron chi connectivity index (χ3n) is 2.68. The van der Waals surface area contributed by atoms with Crippen molar-refractivity contribution in [1.82, 2.24) is 15.3 Å². The van der Waals surface area contributed by atoms with E-state index in [9.17, 15) is 0 Å². The molecule has 1 aliphatic rings. The van der Waals surface area contributed by atoms with E-state index < -0.39 is 0 Å². The maximum Gasteiger partial charge on any atom is 0.236 e. The Morgan fingerprint density at radius 1 is 1.41 bits per heavy atom. The minimum absolute atomic E-state index is 0.00162. The predicted octanol–water partition coefficient (Wildman–Crippen LogP) is 0.509. The van der Waals surface area contributed by atoms with E-state index in [1.54, 1.807) is 19.5 Å². The van der Waals surface area contributed by atoms with Crippen LogP contribution < -0.4 is 10.1 Å². The third kappa shape index (κ3) is 2.91. The molecule has 1 aliphatic heterocycles. The normalized spacial score (nSPS) is 18.2. The highest BCUT2D eigenvalue weighted by molar-refractivity contribution is 5.21. The number of hydrogen-bond donors (Lipinski definition) is 1. The smallest absolute Gasteiger partial charge is 0.236 e. The lowest BCUT2D eigenvalue weighted by atomic mass is 10.1. The lowest BCUT2D eigenvalue weighted by molar-refractivity contribution is -0.0529. The summed E-state index contributed by atoms with van der Waals surface area (Å²) in [6.45, 7) is 1.30. The Balaban J connectivity index is 2.10. The summed E-state index contributed by atoms with van der Waals surface area (Å²) in [5.41, 5.74) is 0.775. The van der Waals surface area contributed by atoms with Gasteiger partial charge in [0.1, 0.15) is 5.69 Å². The molecule has 1 N–H and O–H groups in total. The Morgan fingerprint density at radius 3 is 2.76 bits per heavy atom. The van der Waals surface area contributed by atoms with Gasteiger partial charge in [-0.05, 0) is 7.05 Å². The summed E-state index contributed by atoms with van der Waals surface area (Å²) in [6.07, 6.45) is 3.76. The summed E-state index contributed by atoms with van der Waals surface area (Å²) in [5.74, 6) is 0.532. The molecule has 17 heavy (non-hydrogen) atoms. The van der Waals surface area contributed by atoms with E-state index in [1.165, 1.54) is 0 Å². The van der Waals surface area contributed by atoms with E-state index in [0.717, 1.165) is 5.69 Å². The molecule has 1 saturated heterocycles. The summed E-state index contributed by atoms with van der Waals surface area (Å²) < 4.78 is 16.1. The molecule has 1 fully saturated rings. The van der Waals surface area contributed by atoms with Crippen molar-refractivity contribution in [2.24, 2.45) is 0 Å². The van der Waals surface area contributed by atoms with Gasteiger partial charge in [-0.15, -0.1) is 0 Å². The molecule has 1 atom stereocenters. The fraction of sp³-hybridized carbons (Fsp3) is 0.636. The Hall–Kier alpha value is -1.24. The molecule has 2 rings (SSSR count). The molecular weight excluding hydrogens is 222 g/mol. The van der Waals surface area contributed by atoms with E-state index in [0.29, 0.717) is 25.5 Å². The molecule has 2 heterocycles. The molecule has 0 aromatic carbocycles. The number of nitrogens with zero attached hydrogens (tertiary/aromatic N) is 2.